The van der Waals surface area contributed by atoms with E-state index in [0.29, 0.717) is 17.0 Å². The second-order valence-corrected chi connectivity index (χ2v) is 11.6. The molecule has 3 aromatic rings. The number of halogens is 4. The fourth-order valence-corrected chi connectivity index (χ4v) is 6.18. The van der Waals surface area contributed by atoms with Crippen molar-refractivity contribution in [2.24, 2.45) is 5.92 Å². The molecule has 6 rings (SSSR count). The van der Waals surface area contributed by atoms with Gasteiger partial charge in [0.05, 0.1) is 22.7 Å². The summed E-state index contributed by atoms with van der Waals surface area (Å²) in [5.41, 5.74) is 0.226. The molecule has 0 bridgehead atoms. The van der Waals surface area contributed by atoms with Crippen LogP contribution in [0.1, 0.15) is 78.7 Å². The molecule has 0 spiro atoms. The van der Waals surface area contributed by atoms with Crippen molar-refractivity contribution >= 4 is 23.0 Å². The number of aryl methyl sites for hydroxylation is 1. The second kappa shape index (κ2) is 10.3. The van der Waals surface area contributed by atoms with Gasteiger partial charge in [-0.25, -0.2) is 32.2 Å². The molecular weight excluding hydrogens is 562 g/mol. The van der Waals surface area contributed by atoms with Crippen molar-refractivity contribution in [3.05, 3.63) is 35.0 Å². The number of nitrogens with zero attached hydrogens (tertiary/aromatic N) is 5. The van der Waals surface area contributed by atoms with Crippen molar-refractivity contribution in [3.63, 3.8) is 0 Å². The first-order valence-corrected chi connectivity index (χ1v) is 14.0. The normalized spacial score (nSPS) is 23.8. The maximum absolute atomic E-state index is 14.0. The highest BCUT2D eigenvalue weighted by Gasteiger charge is 2.62. The van der Waals surface area contributed by atoms with Gasteiger partial charge in [-0.2, -0.15) is 0 Å². The molecule has 42 heavy (non-hydrogen) atoms. The molecule has 0 aromatic carbocycles. The van der Waals surface area contributed by atoms with E-state index in [-0.39, 0.29) is 81.1 Å². The molecule has 226 valence electrons. The molecule has 3 aliphatic rings. The lowest BCUT2D eigenvalue weighted by atomic mass is 9.75. The van der Waals surface area contributed by atoms with Gasteiger partial charge in [-0.3, -0.25) is 9.59 Å². The molecule has 2 amide bonds. The Balaban J connectivity index is 1.33. The van der Waals surface area contributed by atoms with Gasteiger partial charge in [-0.15, -0.1) is 0 Å². The molecule has 2 saturated carbocycles. The van der Waals surface area contributed by atoms with Gasteiger partial charge in [0.2, 0.25) is 11.8 Å². The Labute approximate surface area is 237 Å². The van der Waals surface area contributed by atoms with Gasteiger partial charge in [-0.05, 0) is 55.8 Å². The minimum atomic E-state index is -2.91. The number of H-pyrrole nitrogens is 1. The summed E-state index contributed by atoms with van der Waals surface area (Å²) in [6, 6.07) is 1.45. The van der Waals surface area contributed by atoms with E-state index in [2.05, 4.69) is 30.2 Å². The van der Waals surface area contributed by atoms with E-state index in [9.17, 15) is 27.2 Å². The number of hydrogen-bond acceptors (Lipinski definition) is 8. The Morgan fingerprint density at radius 2 is 1.76 bits per heavy atom. The zero-order valence-electron chi connectivity index (χ0n) is 23.1. The van der Waals surface area contributed by atoms with E-state index < -0.39 is 41.2 Å². The molecule has 15 heteroatoms. The number of aromatic amines is 1. The van der Waals surface area contributed by atoms with Gasteiger partial charge in [-0.1, -0.05) is 5.16 Å². The van der Waals surface area contributed by atoms with Crippen LogP contribution in [0.5, 0.6) is 0 Å². The number of aromatic nitrogens is 5. The predicted octanol–water partition coefficient (Wildman–Crippen LogP) is 3.86. The highest BCUT2D eigenvalue weighted by Crippen LogP contribution is 2.47. The maximum atomic E-state index is 14.0. The summed E-state index contributed by atoms with van der Waals surface area (Å²) >= 11 is 0. The lowest BCUT2D eigenvalue weighted by molar-refractivity contribution is -0.142. The van der Waals surface area contributed by atoms with E-state index in [4.69, 9.17) is 9.72 Å². The number of carbonyl (C=O) groups is 2. The Hall–Kier alpha value is -3.62. The van der Waals surface area contributed by atoms with E-state index in [1.54, 1.807) is 19.1 Å². The van der Waals surface area contributed by atoms with Crippen molar-refractivity contribution in [3.8, 4) is 0 Å². The third-order valence-corrected chi connectivity index (χ3v) is 8.87. The first-order chi connectivity index (χ1) is 19.9. The van der Waals surface area contributed by atoms with Gasteiger partial charge in [0, 0.05) is 39.5 Å². The zero-order chi connectivity index (χ0) is 29.9. The van der Waals surface area contributed by atoms with Crippen molar-refractivity contribution in [1.29, 1.82) is 0 Å². The smallest absolute Gasteiger partial charge is 0.276 e. The van der Waals surface area contributed by atoms with Gasteiger partial charge < -0.3 is 19.9 Å². The monoisotopic (exact) mass is 593 g/mol. The third-order valence-electron chi connectivity index (χ3n) is 8.87. The minimum absolute atomic E-state index is 0.0250. The number of nitrogens with one attached hydrogen (secondary N) is 2. The molecule has 1 aliphatic heterocycles. The van der Waals surface area contributed by atoms with Crippen LogP contribution in [0.3, 0.4) is 0 Å². The lowest BCUT2D eigenvalue weighted by Crippen LogP contribution is -2.50. The number of alkyl halides is 4. The van der Waals surface area contributed by atoms with E-state index in [1.807, 2.05) is 0 Å². The molecule has 4 heterocycles. The molecule has 3 fully saturated rings. The Morgan fingerprint density at radius 1 is 1.07 bits per heavy atom. The second-order valence-electron chi connectivity index (χ2n) is 11.6. The predicted molar refractivity (Wildman–Crippen MR) is 138 cm³/mol. The topological polar surface area (TPSA) is 139 Å². The highest BCUT2D eigenvalue weighted by atomic mass is 19.3. The van der Waals surface area contributed by atoms with Gasteiger partial charge in [0.15, 0.2) is 11.3 Å². The van der Waals surface area contributed by atoms with Crippen LogP contribution < -0.4 is 5.32 Å². The fourth-order valence-electron chi connectivity index (χ4n) is 6.18. The molecule has 0 radical (unpaired) electrons. The molecule has 3 aromatic heterocycles. The molecule has 2 atom stereocenters. The average molecular weight is 594 g/mol. The van der Waals surface area contributed by atoms with Crippen LogP contribution >= 0.6 is 0 Å². The number of pyridine rings is 1. The van der Waals surface area contributed by atoms with Gasteiger partial charge in [0.25, 0.3) is 11.8 Å². The standard InChI is InChI=1S/C27H31F4N7O4/c1-14-19(37-42-36-14)23(39)34-20(15-5-7-26(28,29)8-6-15)22-32-16-3-4-17(33-21(16)35-22)25(9-11-41-12-10-25)24(40)38(2)18-13-27(18,30)31/h3-4,15,18,20H,5-13H2,1-2H3,(H,34,39)(H,32,33,35)/t18?,20-/m0/s1. The van der Waals surface area contributed by atoms with E-state index in [1.165, 1.54) is 7.05 Å². The van der Waals surface area contributed by atoms with E-state index >= 15 is 0 Å². The Bertz CT molecular complexity index is 1490. The fraction of sp³-hybridized carbons (Fsp3) is 0.630. The van der Waals surface area contributed by atoms with E-state index in [0.717, 1.165) is 4.90 Å². The highest BCUT2D eigenvalue weighted by molar-refractivity contribution is 5.93. The number of carbonyl (C=O) groups excluding carboxylic acids is 2. The number of imidazole rings is 1. The maximum Gasteiger partial charge on any atom is 0.276 e. The number of rotatable bonds is 7. The van der Waals surface area contributed by atoms with Crippen molar-refractivity contribution < 1.29 is 36.5 Å². The summed E-state index contributed by atoms with van der Waals surface area (Å²) in [6.07, 6.45) is -0.177. The van der Waals surface area contributed by atoms with Crippen molar-refractivity contribution in [2.45, 2.75) is 81.2 Å². The summed E-state index contributed by atoms with van der Waals surface area (Å²) in [4.78, 5) is 40.4. The SMILES string of the molecule is Cc1nonc1C(=O)N[C@H](c1nc2nc(C3(C(=O)N(C)C4CC4(F)F)CCOCC3)ccc2[nH]1)C1CCC(F)(F)CC1. The van der Waals surface area contributed by atoms with Crippen LogP contribution in [-0.4, -0.2) is 80.1 Å². The van der Waals surface area contributed by atoms with Crippen LogP contribution in [0.25, 0.3) is 11.2 Å². The first-order valence-electron chi connectivity index (χ1n) is 14.0. The van der Waals surface area contributed by atoms with Crippen LogP contribution in [0.4, 0.5) is 17.6 Å². The van der Waals surface area contributed by atoms with Crippen LogP contribution in [0.15, 0.2) is 16.8 Å². The van der Waals surface area contributed by atoms with Crippen molar-refractivity contribution in [1.82, 2.24) is 35.5 Å². The zero-order valence-corrected chi connectivity index (χ0v) is 23.1. The lowest BCUT2D eigenvalue weighted by Gasteiger charge is -2.38. The molecule has 2 aliphatic carbocycles. The number of hydrogen-bond donors (Lipinski definition) is 2. The summed E-state index contributed by atoms with van der Waals surface area (Å²) in [5, 5.41) is 10.1. The molecule has 11 nitrogen and oxygen atoms in total. The van der Waals surface area contributed by atoms with Crippen LogP contribution in [0, 0.1) is 12.8 Å². The molecular formula is C27H31F4N7O4. The van der Waals surface area contributed by atoms with Gasteiger partial charge >= 0.3 is 0 Å². The molecule has 2 N–H and O–H groups in total. The molecule has 1 saturated heterocycles. The summed E-state index contributed by atoms with van der Waals surface area (Å²) < 4.78 is 65.8. The number of likely N-dealkylation sites (N-methyl/N-ethyl adjacent to an activating group) is 1. The largest absolute Gasteiger partial charge is 0.381 e. The average Bonchev–Trinajstić information content (AvgIpc) is 3.27. The number of amides is 2. The van der Waals surface area contributed by atoms with Crippen LogP contribution in [-0.2, 0) is 14.9 Å². The summed E-state index contributed by atoms with van der Waals surface area (Å²) in [5.74, 6) is -6.75. The quantitative estimate of drug-likeness (QED) is 0.394. The Morgan fingerprint density at radius 3 is 2.38 bits per heavy atom. The summed E-state index contributed by atoms with van der Waals surface area (Å²) in [6.45, 7) is 2.09. The third kappa shape index (κ3) is 5.11. The number of ether oxygens (including phenoxy) is 1. The number of fused-ring (bicyclic) bond motifs is 1. The first kappa shape index (κ1) is 28.5. The molecule has 1 unspecified atom stereocenters. The Kier molecular flexibility index (Phi) is 6.97. The minimum Gasteiger partial charge on any atom is -0.381 e. The van der Waals surface area contributed by atoms with Crippen molar-refractivity contribution in [2.75, 3.05) is 20.3 Å². The van der Waals surface area contributed by atoms with Gasteiger partial charge in [0.1, 0.15) is 17.6 Å². The van der Waals surface area contributed by atoms with Crippen LogP contribution in [0.2, 0.25) is 0 Å². The summed E-state index contributed by atoms with van der Waals surface area (Å²) in [7, 11) is 1.39.